The van der Waals surface area contributed by atoms with Crippen molar-refractivity contribution in [2.24, 2.45) is 0 Å². The van der Waals surface area contributed by atoms with E-state index in [9.17, 15) is 14.7 Å². The van der Waals surface area contributed by atoms with E-state index in [0.717, 1.165) is 7.14 Å². The number of carbonyl (C=O) groups excluding carboxylic acids is 2. The molecule has 31 heavy (non-hydrogen) atoms. The number of hydrogen-bond donors (Lipinski definition) is 1. The third kappa shape index (κ3) is 4.09. The number of ether oxygens (including phenoxy) is 5. The molecule has 8 nitrogen and oxygen atoms in total. The normalized spacial score (nSPS) is 33.2. The SMILES string of the molecule is O=C(O[C@H]1C2OC3O[C@@H]1C(O)[C@H](O3)[C@H]2OC(=O)c1ccc(I)cc1)c1ccc(I)cc1. The highest BCUT2D eigenvalue weighted by Gasteiger charge is 2.64. The number of rotatable bonds is 4. The Hall–Kier alpha value is -1.32. The van der Waals surface area contributed by atoms with Gasteiger partial charge >= 0.3 is 11.9 Å². The van der Waals surface area contributed by atoms with Crippen LogP contribution in [0.1, 0.15) is 20.7 Å². The molecular weight excluding hydrogens is 634 g/mol. The van der Waals surface area contributed by atoms with Gasteiger partial charge in [0.15, 0.2) is 12.2 Å². The summed E-state index contributed by atoms with van der Waals surface area (Å²) in [5.74, 6) is -1.17. The smallest absolute Gasteiger partial charge is 0.338 e. The van der Waals surface area contributed by atoms with Crippen molar-refractivity contribution in [1.29, 1.82) is 0 Å². The van der Waals surface area contributed by atoms with Crippen molar-refractivity contribution < 1.29 is 38.4 Å². The minimum Gasteiger partial charge on any atom is -0.453 e. The number of esters is 2. The molecule has 4 fully saturated rings. The second-order valence-corrected chi connectivity index (χ2v) is 9.83. The molecule has 3 heterocycles. The number of halogens is 2. The zero-order chi connectivity index (χ0) is 21.7. The number of aliphatic hydroxyl groups is 1. The Balaban J connectivity index is 1.37. The average Bonchev–Trinajstić information content (AvgIpc) is 2.76. The van der Waals surface area contributed by atoms with Crippen LogP contribution in [0.3, 0.4) is 0 Å². The predicted molar refractivity (Wildman–Crippen MR) is 121 cm³/mol. The van der Waals surface area contributed by atoms with Crippen molar-refractivity contribution >= 4 is 57.1 Å². The van der Waals surface area contributed by atoms with Crippen LogP contribution in [0.15, 0.2) is 48.5 Å². The molecule has 4 aliphatic rings. The molecule has 3 unspecified atom stereocenters. The van der Waals surface area contributed by atoms with Crippen molar-refractivity contribution in [3.05, 3.63) is 66.8 Å². The summed E-state index contributed by atoms with van der Waals surface area (Å²) in [5, 5.41) is 10.7. The molecule has 0 aromatic heterocycles. The van der Waals surface area contributed by atoms with Gasteiger partial charge in [-0.3, -0.25) is 0 Å². The van der Waals surface area contributed by atoms with Gasteiger partial charge in [0.25, 0.3) is 6.48 Å². The second-order valence-electron chi connectivity index (χ2n) is 7.33. The molecule has 1 saturated carbocycles. The highest BCUT2D eigenvalue weighted by atomic mass is 127. The third-order valence-corrected chi connectivity index (χ3v) is 6.86. The molecule has 10 heteroatoms. The maximum atomic E-state index is 12.7. The highest BCUT2D eigenvalue weighted by Crippen LogP contribution is 2.42. The van der Waals surface area contributed by atoms with E-state index < -0.39 is 55.0 Å². The number of aliphatic hydroxyl groups excluding tert-OH is 1. The van der Waals surface area contributed by atoms with E-state index in [2.05, 4.69) is 45.2 Å². The maximum absolute atomic E-state index is 12.7. The molecule has 7 atom stereocenters. The fourth-order valence-electron chi connectivity index (χ4n) is 3.91. The van der Waals surface area contributed by atoms with Crippen LogP contribution in [-0.2, 0) is 23.7 Å². The lowest BCUT2D eigenvalue weighted by Gasteiger charge is -2.56. The first-order chi connectivity index (χ1) is 14.9. The van der Waals surface area contributed by atoms with Gasteiger partial charge in [-0.15, -0.1) is 0 Å². The Kier molecular flexibility index (Phi) is 5.94. The number of benzene rings is 2. The second kappa shape index (κ2) is 8.56. The van der Waals surface area contributed by atoms with Gasteiger partial charge in [-0.1, -0.05) is 0 Å². The minimum atomic E-state index is -1.15. The monoisotopic (exact) mass is 650 g/mol. The van der Waals surface area contributed by atoms with Crippen LogP contribution in [-0.4, -0.2) is 60.1 Å². The Morgan fingerprint density at radius 3 is 1.52 bits per heavy atom. The van der Waals surface area contributed by atoms with Gasteiger partial charge in [0.2, 0.25) is 0 Å². The molecule has 162 valence electrons. The highest BCUT2D eigenvalue weighted by molar-refractivity contribution is 14.1. The molecule has 1 N–H and O–H groups in total. The quantitative estimate of drug-likeness (QED) is 0.399. The summed E-state index contributed by atoms with van der Waals surface area (Å²) in [4.78, 5) is 25.4. The summed E-state index contributed by atoms with van der Waals surface area (Å²) in [6.07, 6.45) is -5.60. The Morgan fingerprint density at radius 1 is 0.710 bits per heavy atom. The van der Waals surface area contributed by atoms with Crippen LogP contribution in [0.2, 0.25) is 0 Å². The molecule has 3 saturated heterocycles. The molecule has 6 rings (SSSR count). The minimum absolute atomic E-state index is 0.354. The van der Waals surface area contributed by atoms with Crippen LogP contribution in [0.5, 0.6) is 0 Å². The van der Waals surface area contributed by atoms with Gasteiger partial charge in [0, 0.05) is 7.14 Å². The van der Waals surface area contributed by atoms with Gasteiger partial charge in [-0.25, -0.2) is 9.59 Å². The lowest BCUT2D eigenvalue weighted by atomic mass is 9.82. The van der Waals surface area contributed by atoms with E-state index in [0.29, 0.717) is 11.1 Å². The van der Waals surface area contributed by atoms with Crippen LogP contribution in [0.25, 0.3) is 0 Å². The fourth-order valence-corrected chi connectivity index (χ4v) is 4.63. The first kappa shape index (κ1) is 21.5. The van der Waals surface area contributed by atoms with Crippen molar-refractivity contribution in [3.8, 4) is 0 Å². The maximum Gasteiger partial charge on any atom is 0.338 e. The predicted octanol–water partition coefficient (Wildman–Crippen LogP) is 2.49. The van der Waals surface area contributed by atoms with E-state index in [1.165, 1.54) is 0 Å². The number of carbonyl (C=O) groups is 2. The van der Waals surface area contributed by atoms with Crippen LogP contribution in [0, 0.1) is 7.14 Å². The van der Waals surface area contributed by atoms with Crippen LogP contribution < -0.4 is 0 Å². The van der Waals surface area contributed by atoms with Crippen molar-refractivity contribution in [1.82, 2.24) is 0 Å². The van der Waals surface area contributed by atoms with Crippen molar-refractivity contribution in [2.45, 2.75) is 43.1 Å². The summed E-state index contributed by atoms with van der Waals surface area (Å²) in [5.41, 5.74) is 0.708. The Bertz CT molecular complexity index is 918. The van der Waals surface area contributed by atoms with E-state index >= 15 is 0 Å². The zero-order valence-electron chi connectivity index (χ0n) is 15.7. The summed E-state index contributed by atoms with van der Waals surface area (Å²) < 4.78 is 30.0. The van der Waals surface area contributed by atoms with E-state index in [-0.39, 0.29) is 0 Å². The molecule has 0 amide bonds. The molecule has 0 radical (unpaired) electrons. The van der Waals surface area contributed by atoms with Gasteiger partial charge in [-0.05, 0) is 93.7 Å². The first-order valence-electron chi connectivity index (χ1n) is 9.48. The summed E-state index contributed by atoms with van der Waals surface area (Å²) in [7, 11) is 0. The molecule has 2 aromatic rings. The molecule has 2 aromatic carbocycles. The molecule has 4 bridgehead atoms. The van der Waals surface area contributed by atoms with E-state index in [1.807, 2.05) is 0 Å². The van der Waals surface area contributed by atoms with E-state index in [1.54, 1.807) is 48.5 Å². The Labute approximate surface area is 204 Å². The van der Waals surface area contributed by atoms with E-state index in [4.69, 9.17) is 23.7 Å². The average molecular weight is 650 g/mol. The molecule has 1 aliphatic carbocycles. The van der Waals surface area contributed by atoms with Crippen molar-refractivity contribution in [2.75, 3.05) is 0 Å². The number of hydrogen-bond acceptors (Lipinski definition) is 8. The van der Waals surface area contributed by atoms with Crippen LogP contribution >= 0.6 is 45.2 Å². The molecular formula is C21H16I2O8. The zero-order valence-corrected chi connectivity index (χ0v) is 20.0. The topological polar surface area (TPSA) is 101 Å². The van der Waals surface area contributed by atoms with Gasteiger partial charge in [0.1, 0.15) is 24.4 Å². The van der Waals surface area contributed by atoms with Crippen LogP contribution in [0.4, 0.5) is 0 Å². The standard InChI is InChI=1S/C21H16I2O8/c22-11-5-1-9(2-6-11)19(25)27-16-14-13(24)15-17(18(16)31-21(29-14)30-15)28-20(26)10-3-7-12(23)8-4-10/h1-8,13-18,21,24H/t13?,14-,15+,16-,17-,18?,21?/m1/s1. The summed E-state index contributed by atoms with van der Waals surface area (Å²) in [6, 6.07) is 13.7. The molecule has 0 spiro atoms. The lowest BCUT2D eigenvalue weighted by molar-refractivity contribution is -0.479. The Morgan fingerprint density at radius 2 is 1.10 bits per heavy atom. The largest absolute Gasteiger partial charge is 0.453 e. The fraction of sp³-hybridized carbons (Fsp3) is 0.333. The molecule has 3 aliphatic heterocycles. The van der Waals surface area contributed by atoms with Gasteiger partial charge in [-0.2, -0.15) is 0 Å². The van der Waals surface area contributed by atoms with Crippen molar-refractivity contribution in [3.63, 3.8) is 0 Å². The summed E-state index contributed by atoms with van der Waals surface area (Å²) in [6.45, 7) is -1.01. The first-order valence-corrected chi connectivity index (χ1v) is 11.6. The summed E-state index contributed by atoms with van der Waals surface area (Å²) >= 11 is 4.28. The third-order valence-electron chi connectivity index (χ3n) is 5.42. The van der Waals surface area contributed by atoms with Gasteiger partial charge < -0.3 is 28.8 Å². The lowest BCUT2D eigenvalue weighted by Crippen LogP contribution is -2.76. The van der Waals surface area contributed by atoms with Gasteiger partial charge in [0.05, 0.1) is 11.1 Å².